The number of nitrogens with one attached hydrogen (secondary N) is 1. The van der Waals surface area contributed by atoms with Crippen LogP contribution in [0, 0.1) is 5.92 Å². The number of carbonyl (C=O) groups excluding carboxylic acids is 4. The number of thioether (sulfide) groups is 1. The van der Waals surface area contributed by atoms with Crippen LogP contribution in [0.1, 0.15) is 36.6 Å². The summed E-state index contributed by atoms with van der Waals surface area (Å²) in [6.07, 6.45) is 0. The molecule has 37 heavy (non-hydrogen) atoms. The number of rotatable bonds is 3. The first-order chi connectivity index (χ1) is 18.0. The van der Waals surface area contributed by atoms with E-state index < -0.39 is 40.3 Å². The molecule has 0 radical (unpaired) electrons. The van der Waals surface area contributed by atoms with E-state index in [1.54, 1.807) is 66.4 Å². The average Bonchev–Trinajstić information content (AvgIpc) is 3.64. The van der Waals surface area contributed by atoms with E-state index in [1.807, 2.05) is 23.1 Å². The molecule has 1 N–H and O–H groups in total. The lowest BCUT2D eigenvalue weighted by atomic mass is 9.60. The predicted octanol–water partition coefficient (Wildman–Crippen LogP) is 3.59. The summed E-state index contributed by atoms with van der Waals surface area (Å²) in [6, 6.07) is 20.2. The van der Waals surface area contributed by atoms with Crippen molar-refractivity contribution in [1.82, 2.24) is 4.90 Å². The van der Waals surface area contributed by atoms with Crippen molar-refractivity contribution in [2.75, 3.05) is 24.1 Å². The number of anilines is 1. The van der Waals surface area contributed by atoms with Crippen molar-refractivity contribution in [3.8, 4) is 5.75 Å². The Bertz CT molecular complexity index is 1500. The van der Waals surface area contributed by atoms with Crippen molar-refractivity contribution >= 4 is 40.7 Å². The molecule has 3 atom stereocenters. The number of amides is 1. The van der Waals surface area contributed by atoms with Crippen LogP contribution in [-0.2, 0) is 10.2 Å². The molecule has 2 fully saturated rings. The summed E-state index contributed by atoms with van der Waals surface area (Å²) in [6.45, 7) is 0. The topological polar surface area (TPSA) is 92.8 Å². The molecule has 3 aromatic carbocycles. The first kappa shape index (κ1) is 22.4. The van der Waals surface area contributed by atoms with Crippen molar-refractivity contribution in [2.45, 2.75) is 17.0 Å². The average molecular weight is 511 g/mol. The largest absolute Gasteiger partial charge is 0.497 e. The highest BCUT2D eigenvalue weighted by atomic mass is 32.2. The Morgan fingerprint density at radius 2 is 1.59 bits per heavy atom. The number of benzene rings is 3. The molecule has 3 aromatic rings. The number of nitrogens with zero attached hydrogens (tertiary/aromatic N) is 1. The zero-order chi connectivity index (χ0) is 25.5. The van der Waals surface area contributed by atoms with E-state index in [4.69, 9.17) is 4.74 Å². The van der Waals surface area contributed by atoms with Gasteiger partial charge in [-0.05, 0) is 35.9 Å². The van der Waals surface area contributed by atoms with E-state index >= 15 is 0 Å². The molecule has 184 valence electrons. The molecule has 0 aromatic heterocycles. The Morgan fingerprint density at radius 1 is 0.946 bits per heavy atom. The number of ether oxygens (including phenoxy) is 1. The fourth-order valence-electron chi connectivity index (χ4n) is 7.01. The zero-order valence-electron chi connectivity index (χ0n) is 19.9. The van der Waals surface area contributed by atoms with Gasteiger partial charge in [-0.2, -0.15) is 0 Å². The minimum absolute atomic E-state index is 0.305. The molecule has 2 saturated heterocycles. The van der Waals surface area contributed by atoms with Gasteiger partial charge in [0, 0.05) is 40.0 Å². The third-order valence-corrected chi connectivity index (χ3v) is 9.49. The first-order valence-corrected chi connectivity index (χ1v) is 13.2. The summed E-state index contributed by atoms with van der Waals surface area (Å²) in [4.78, 5) is 59.4. The summed E-state index contributed by atoms with van der Waals surface area (Å²) >= 11 is 1.58. The summed E-state index contributed by atoms with van der Waals surface area (Å²) in [5, 5.41) is 2.98. The van der Waals surface area contributed by atoms with E-state index in [0.717, 1.165) is 0 Å². The maximum Gasteiger partial charge on any atom is 0.237 e. The Balaban J connectivity index is 1.55. The molecule has 0 unspecified atom stereocenters. The van der Waals surface area contributed by atoms with Crippen LogP contribution in [0.5, 0.6) is 5.75 Å². The molecule has 2 spiro atoms. The Labute approximate surface area is 217 Å². The third-order valence-electron chi connectivity index (χ3n) is 8.48. The summed E-state index contributed by atoms with van der Waals surface area (Å²) in [5.74, 6) is -1.31. The van der Waals surface area contributed by atoms with Gasteiger partial charge in [0.1, 0.15) is 11.2 Å². The van der Waals surface area contributed by atoms with Crippen LogP contribution in [0.3, 0.4) is 0 Å². The second-order valence-electron chi connectivity index (χ2n) is 9.85. The maximum atomic E-state index is 14.6. The fraction of sp³-hybridized carbons (Fsp3) is 0.241. The number of hydrogen-bond donors (Lipinski definition) is 1. The molecule has 0 saturated carbocycles. The van der Waals surface area contributed by atoms with Gasteiger partial charge in [-0.15, -0.1) is 11.8 Å². The van der Waals surface area contributed by atoms with E-state index in [9.17, 15) is 19.2 Å². The maximum absolute atomic E-state index is 14.6. The molecule has 7 nitrogen and oxygen atoms in total. The van der Waals surface area contributed by atoms with Crippen LogP contribution in [0.4, 0.5) is 5.69 Å². The summed E-state index contributed by atoms with van der Waals surface area (Å²) < 4.78 is 5.27. The van der Waals surface area contributed by atoms with Gasteiger partial charge in [-0.1, -0.05) is 42.5 Å². The van der Waals surface area contributed by atoms with Gasteiger partial charge in [0.2, 0.25) is 5.91 Å². The minimum Gasteiger partial charge on any atom is -0.497 e. The molecular weight excluding hydrogens is 488 g/mol. The number of para-hydroxylation sites is 1. The normalized spacial score (nSPS) is 26.9. The number of carbonyl (C=O) groups is 4. The Kier molecular flexibility index (Phi) is 4.63. The van der Waals surface area contributed by atoms with E-state index in [-0.39, 0.29) is 5.91 Å². The van der Waals surface area contributed by atoms with Gasteiger partial charge in [0.25, 0.3) is 0 Å². The van der Waals surface area contributed by atoms with Crippen LogP contribution in [0.25, 0.3) is 0 Å². The minimum atomic E-state index is -1.80. The predicted molar refractivity (Wildman–Crippen MR) is 138 cm³/mol. The lowest BCUT2D eigenvalue weighted by Gasteiger charge is -2.37. The van der Waals surface area contributed by atoms with Crippen molar-refractivity contribution in [3.05, 3.63) is 95.1 Å². The van der Waals surface area contributed by atoms with E-state index in [0.29, 0.717) is 45.3 Å². The first-order valence-electron chi connectivity index (χ1n) is 12.1. The fourth-order valence-corrected chi connectivity index (χ4v) is 8.36. The second-order valence-corrected chi connectivity index (χ2v) is 10.8. The van der Waals surface area contributed by atoms with E-state index in [2.05, 4.69) is 5.32 Å². The number of methoxy groups -OCH3 is 1. The van der Waals surface area contributed by atoms with Gasteiger partial charge in [0.05, 0.1) is 13.0 Å². The Morgan fingerprint density at radius 3 is 2.27 bits per heavy atom. The van der Waals surface area contributed by atoms with Gasteiger partial charge >= 0.3 is 0 Å². The lowest BCUT2D eigenvalue weighted by molar-refractivity contribution is -0.122. The zero-order valence-corrected chi connectivity index (χ0v) is 20.7. The molecule has 0 bridgehead atoms. The van der Waals surface area contributed by atoms with Gasteiger partial charge in [-0.3, -0.25) is 24.1 Å². The van der Waals surface area contributed by atoms with Gasteiger partial charge < -0.3 is 10.1 Å². The van der Waals surface area contributed by atoms with Crippen LogP contribution in [-0.4, -0.2) is 58.5 Å². The van der Waals surface area contributed by atoms with Crippen LogP contribution in [0.2, 0.25) is 0 Å². The molecule has 4 aliphatic rings. The van der Waals surface area contributed by atoms with Crippen molar-refractivity contribution < 1.29 is 23.9 Å². The molecule has 1 amide bonds. The molecule has 7 rings (SSSR count). The molecule has 8 heteroatoms. The smallest absolute Gasteiger partial charge is 0.237 e. The van der Waals surface area contributed by atoms with Crippen LogP contribution in [0.15, 0.2) is 72.8 Å². The van der Waals surface area contributed by atoms with Gasteiger partial charge in [0.15, 0.2) is 22.9 Å². The van der Waals surface area contributed by atoms with Crippen LogP contribution < -0.4 is 10.1 Å². The molecule has 3 aliphatic heterocycles. The monoisotopic (exact) mass is 510 g/mol. The standard InChI is InChI=1S/C29H22N2O5S/c1-36-17-12-10-16(11-13-17)23(32)24-28(20-8-4-5-9-21(20)30-27(28)35)22-14-37-15-31(22)29(24)25(33)18-6-2-3-7-19(18)26(29)34/h2-13,22,24H,14-15H2,1H3,(H,30,35)/t22-,24-,28-/m1/s1. The highest BCUT2D eigenvalue weighted by Crippen LogP contribution is 2.63. The number of ketones is 3. The van der Waals surface area contributed by atoms with Crippen molar-refractivity contribution in [1.29, 1.82) is 0 Å². The SMILES string of the molecule is COc1ccc(C(=O)[C@H]2C3(C(=O)c4ccccc4C3=O)N3CSC[C@@H]3[C@@]23C(=O)Nc2ccccc23)cc1. The van der Waals surface area contributed by atoms with Crippen LogP contribution >= 0.6 is 11.8 Å². The number of fused-ring (bicyclic) bond motifs is 6. The summed E-state index contributed by atoms with van der Waals surface area (Å²) in [5.41, 5.74) is -0.984. The number of hydrogen-bond acceptors (Lipinski definition) is 7. The molecule has 3 heterocycles. The lowest BCUT2D eigenvalue weighted by Crippen LogP contribution is -2.60. The molecule has 1 aliphatic carbocycles. The van der Waals surface area contributed by atoms with Gasteiger partial charge in [-0.25, -0.2) is 0 Å². The van der Waals surface area contributed by atoms with Crippen molar-refractivity contribution in [2.24, 2.45) is 5.92 Å². The molecular formula is C29H22N2O5S. The number of Topliss-reactive ketones (excluding diaryl/α,β-unsaturated/α-hetero) is 3. The summed E-state index contributed by atoms with van der Waals surface area (Å²) in [7, 11) is 1.54. The highest BCUT2D eigenvalue weighted by molar-refractivity contribution is 7.99. The third kappa shape index (κ3) is 2.52. The van der Waals surface area contributed by atoms with Crippen molar-refractivity contribution in [3.63, 3.8) is 0 Å². The quantitative estimate of drug-likeness (QED) is 0.425. The Hall–Kier alpha value is -3.75. The second kappa shape index (κ2) is 7.63. The van der Waals surface area contributed by atoms with E-state index in [1.165, 1.54) is 7.11 Å². The highest BCUT2D eigenvalue weighted by Gasteiger charge is 2.80.